The predicted octanol–water partition coefficient (Wildman–Crippen LogP) is 3.11. The zero-order valence-electron chi connectivity index (χ0n) is 7.06. The summed E-state index contributed by atoms with van der Waals surface area (Å²) in [5.41, 5.74) is 0.668. The highest BCUT2D eigenvalue weighted by Gasteiger charge is 2.10. The van der Waals surface area contributed by atoms with Crippen LogP contribution in [0, 0.1) is 6.92 Å². The van der Waals surface area contributed by atoms with Gasteiger partial charge in [-0.15, -0.1) is 11.3 Å². The first kappa shape index (κ1) is 9.55. The zero-order chi connectivity index (χ0) is 9.14. The Bertz CT molecular complexity index is 295. The average molecular weight is 204 g/mol. The fraction of sp³-hybridized carbons (Fsp3) is 0.375. The van der Waals surface area contributed by atoms with Gasteiger partial charge in [0.25, 0.3) is 0 Å². The normalized spacial score (nSPS) is 9.92. The minimum atomic E-state index is 0.548. The average Bonchev–Trinajstić information content (AvgIpc) is 2.30. The molecule has 0 saturated carbocycles. The van der Waals surface area contributed by atoms with Gasteiger partial charge in [0.2, 0.25) is 0 Å². The molecule has 0 spiro atoms. The molecule has 12 heavy (non-hydrogen) atoms. The van der Waals surface area contributed by atoms with Crippen LogP contribution in [0.2, 0.25) is 4.34 Å². The Hall–Kier alpha value is -0.540. The van der Waals surface area contributed by atoms with E-state index < -0.39 is 0 Å². The number of hydrogen-bond acceptors (Lipinski definition) is 3. The number of rotatable bonds is 3. The number of aryl methyl sites for hydroxylation is 1. The molecule has 0 aliphatic rings. The van der Waals surface area contributed by atoms with Gasteiger partial charge >= 0.3 is 0 Å². The molecule has 0 N–H and O–H groups in total. The third-order valence-corrected chi connectivity index (χ3v) is 2.45. The molecule has 0 bridgehead atoms. The largest absolute Gasteiger partial charge is 0.492 e. The fourth-order valence-corrected chi connectivity index (χ4v) is 1.95. The molecule has 4 heteroatoms. The van der Waals surface area contributed by atoms with Crippen molar-refractivity contribution in [3.8, 4) is 0 Å². The van der Waals surface area contributed by atoms with Crippen molar-refractivity contribution in [2.45, 2.75) is 13.8 Å². The van der Waals surface area contributed by atoms with Crippen molar-refractivity contribution in [2.24, 2.45) is 0 Å². The van der Waals surface area contributed by atoms with Crippen LogP contribution in [-0.2, 0) is 4.74 Å². The highest BCUT2D eigenvalue weighted by Crippen LogP contribution is 2.28. The summed E-state index contributed by atoms with van der Waals surface area (Å²) < 4.78 is 5.83. The standard InChI is InChI=1S/C8H10ClNOS/c1-4-11-5(2)7-8(9)12-6(3)10-7/h2,4H2,1,3H3. The van der Waals surface area contributed by atoms with E-state index in [4.69, 9.17) is 16.3 Å². The molecule has 0 saturated heterocycles. The van der Waals surface area contributed by atoms with E-state index in [9.17, 15) is 0 Å². The molecular formula is C8H10ClNOS. The van der Waals surface area contributed by atoms with Crippen LogP contribution < -0.4 is 0 Å². The van der Waals surface area contributed by atoms with Crippen molar-refractivity contribution in [1.29, 1.82) is 0 Å². The second kappa shape index (κ2) is 3.92. The van der Waals surface area contributed by atoms with Crippen LogP contribution in [0.5, 0.6) is 0 Å². The van der Waals surface area contributed by atoms with E-state index in [1.165, 1.54) is 11.3 Å². The number of nitrogens with zero attached hydrogens (tertiary/aromatic N) is 1. The van der Waals surface area contributed by atoms with Crippen LogP contribution >= 0.6 is 22.9 Å². The minimum Gasteiger partial charge on any atom is -0.492 e. The minimum absolute atomic E-state index is 0.548. The van der Waals surface area contributed by atoms with Gasteiger partial charge in [-0.25, -0.2) is 4.98 Å². The molecule has 66 valence electrons. The summed E-state index contributed by atoms with van der Waals surface area (Å²) in [6.07, 6.45) is 0. The van der Waals surface area contributed by atoms with Crippen LogP contribution in [0.25, 0.3) is 5.76 Å². The maximum absolute atomic E-state index is 5.89. The van der Waals surface area contributed by atoms with E-state index >= 15 is 0 Å². The van der Waals surface area contributed by atoms with Gasteiger partial charge in [0.15, 0.2) is 0 Å². The molecule has 1 heterocycles. The lowest BCUT2D eigenvalue weighted by Crippen LogP contribution is -1.90. The molecule has 0 aromatic carbocycles. The van der Waals surface area contributed by atoms with Crippen molar-refractivity contribution in [1.82, 2.24) is 4.98 Å². The SMILES string of the molecule is C=C(OCC)c1nc(C)sc1Cl. The summed E-state index contributed by atoms with van der Waals surface area (Å²) >= 11 is 7.33. The molecule has 0 radical (unpaired) electrons. The van der Waals surface area contributed by atoms with Crippen molar-refractivity contribution < 1.29 is 4.74 Å². The molecule has 1 rings (SSSR count). The maximum Gasteiger partial charge on any atom is 0.140 e. The van der Waals surface area contributed by atoms with E-state index in [1.54, 1.807) is 0 Å². The summed E-state index contributed by atoms with van der Waals surface area (Å²) in [7, 11) is 0. The third kappa shape index (κ3) is 1.99. The molecule has 1 aromatic rings. The molecule has 0 atom stereocenters. The Labute approximate surface area is 80.8 Å². The lowest BCUT2D eigenvalue weighted by molar-refractivity contribution is 0.298. The molecule has 0 unspecified atom stereocenters. The van der Waals surface area contributed by atoms with Crippen molar-refractivity contribution in [3.63, 3.8) is 0 Å². The Morgan fingerprint density at radius 1 is 1.75 bits per heavy atom. The van der Waals surface area contributed by atoms with Gasteiger partial charge in [-0.2, -0.15) is 0 Å². The number of hydrogen-bond donors (Lipinski definition) is 0. The maximum atomic E-state index is 5.89. The van der Waals surface area contributed by atoms with Crippen molar-refractivity contribution in [2.75, 3.05) is 6.61 Å². The molecule has 1 aromatic heterocycles. The monoisotopic (exact) mass is 203 g/mol. The summed E-state index contributed by atoms with van der Waals surface area (Å²) in [5, 5.41) is 0.927. The smallest absolute Gasteiger partial charge is 0.140 e. The Balaban J connectivity index is 2.87. The van der Waals surface area contributed by atoms with Gasteiger partial charge in [-0.1, -0.05) is 18.2 Å². The fourth-order valence-electron chi connectivity index (χ4n) is 0.817. The van der Waals surface area contributed by atoms with Gasteiger partial charge in [0, 0.05) is 0 Å². The second-order valence-corrected chi connectivity index (χ2v) is 4.02. The highest BCUT2D eigenvalue weighted by atomic mass is 35.5. The first-order valence-electron chi connectivity index (χ1n) is 3.60. The van der Waals surface area contributed by atoms with E-state index in [2.05, 4.69) is 11.6 Å². The lowest BCUT2D eigenvalue weighted by atomic mass is 10.4. The number of ether oxygens (including phenoxy) is 1. The number of halogens is 1. The zero-order valence-corrected chi connectivity index (χ0v) is 8.63. The summed E-state index contributed by atoms with van der Waals surface area (Å²) in [4.78, 5) is 4.19. The van der Waals surface area contributed by atoms with E-state index in [1.807, 2.05) is 13.8 Å². The van der Waals surface area contributed by atoms with Gasteiger partial charge in [-0.05, 0) is 13.8 Å². The van der Waals surface area contributed by atoms with Gasteiger partial charge in [0.05, 0.1) is 11.6 Å². The van der Waals surface area contributed by atoms with Crippen LogP contribution in [-0.4, -0.2) is 11.6 Å². The van der Waals surface area contributed by atoms with Crippen LogP contribution in [0.3, 0.4) is 0 Å². The van der Waals surface area contributed by atoms with E-state index in [0.29, 0.717) is 22.4 Å². The summed E-state index contributed by atoms with van der Waals surface area (Å²) in [5.74, 6) is 0.548. The third-order valence-electron chi connectivity index (χ3n) is 1.28. The van der Waals surface area contributed by atoms with Crippen LogP contribution in [0.4, 0.5) is 0 Å². The number of thiazole rings is 1. The van der Waals surface area contributed by atoms with Gasteiger partial charge in [0.1, 0.15) is 15.8 Å². The van der Waals surface area contributed by atoms with Crippen LogP contribution in [0.15, 0.2) is 6.58 Å². The molecule has 0 aliphatic carbocycles. The lowest BCUT2D eigenvalue weighted by Gasteiger charge is -2.02. The summed E-state index contributed by atoms with van der Waals surface area (Å²) in [6.45, 7) is 8.12. The number of aromatic nitrogens is 1. The molecule has 0 aliphatic heterocycles. The molecule has 2 nitrogen and oxygen atoms in total. The Kier molecular flexibility index (Phi) is 3.12. The summed E-state index contributed by atoms with van der Waals surface area (Å²) in [6, 6.07) is 0. The quantitative estimate of drug-likeness (QED) is 0.705. The second-order valence-electron chi connectivity index (χ2n) is 2.21. The van der Waals surface area contributed by atoms with Gasteiger partial charge < -0.3 is 4.74 Å². The molecule has 0 fully saturated rings. The Morgan fingerprint density at radius 2 is 2.42 bits per heavy atom. The van der Waals surface area contributed by atoms with E-state index in [0.717, 1.165) is 5.01 Å². The Morgan fingerprint density at radius 3 is 2.83 bits per heavy atom. The first-order chi connectivity index (χ1) is 5.65. The van der Waals surface area contributed by atoms with E-state index in [-0.39, 0.29) is 0 Å². The predicted molar refractivity (Wildman–Crippen MR) is 52.5 cm³/mol. The molecular weight excluding hydrogens is 194 g/mol. The molecule has 0 amide bonds. The first-order valence-corrected chi connectivity index (χ1v) is 4.79. The highest BCUT2D eigenvalue weighted by molar-refractivity contribution is 7.16. The van der Waals surface area contributed by atoms with Crippen LogP contribution in [0.1, 0.15) is 17.6 Å². The topological polar surface area (TPSA) is 22.1 Å². The van der Waals surface area contributed by atoms with Crippen molar-refractivity contribution >= 4 is 28.7 Å². The van der Waals surface area contributed by atoms with Gasteiger partial charge in [-0.3, -0.25) is 0 Å². The van der Waals surface area contributed by atoms with Crippen molar-refractivity contribution in [3.05, 3.63) is 21.6 Å².